The zero-order valence-corrected chi connectivity index (χ0v) is 34.8. The SMILES string of the molecule is [B]c1c([B])c(-c2c([B])c([B])c(-c3c([B])c([B])c([B])c4oc5c([B])c([B])c([B])c(C)c5c34)c(C)c2[B])c([B])c([B])c1-c1nc(-c2ccccc2)nc(-c2ccc(-c3ccccc3)cc2)n1. The van der Waals surface area contributed by atoms with E-state index in [2.05, 4.69) is 0 Å². The molecule has 0 aliphatic carbocycles. The van der Waals surface area contributed by atoms with E-state index in [0.717, 1.165) is 22.3 Å². The molecule has 17 heteroatoms. The van der Waals surface area contributed by atoms with Crippen molar-refractivity contribution in [3.8, 4) is 67.5 Å². The van der Waals surface area contributed by atoms with Gasteiger partial charge in [-0.25, -0.2) is 15.0 Å². The minimum Gasteiger partial charge on any atom is -0.457 e. The molecule has 0 fully saturated rings. The summed E-state index contributed by atoms with van der Waals surface area (Å²) in [5.74, 6) is 0.863. The predicted molar refractivity (Wildman–Crippen MR) is 279 cm³/mol. The van der Waals surface area contributed by atoms with Gasteiger partial charge in [0.2, 0.25) is 0 Å². The lowest BCUT2D eigenvalue weighted by molar-refractivity contribution is 0.674. The summed E-state index contributed by atoms with van der Waals surface area (Å²) in [5, 5.41) is 0.922. The van der Waals surface area contributed by atoms with Gasteiger partial charge in [-0.1, -0.05) is 145 Å². The van der Waals surface area contributed by atoms with Crippen LogP contribution in [0.5, 0.6) is 0 Å². The van der Waals surface area contributed by atoms with Gasteiger partial charge in [0.1, 0.15) is 113 Å². The lowest BCUT2D eigenvalue weighted by Gasteiger charge is -2.29. The van der Waals surface area contributed by atoms with E-state index in [1.165, 1.54) is 0 Å². The zero-order valence-electron chi connectivity index (χ0n) is 34.8. The molecule has 7 aromatic carbocycles. The Kier molecular flexibility index (Phi) is 11.1. The molecule has 0 bridgehead atoms. The van der Waals surface area contributed by atoms with Crippen molar-refractivity contribution in [3.05, 3.63) is 96.1 Å². The van der Waals surface area contributed by atoms with Gasteiger partial charge in [0.25, 0.3) is 0 Å². The molecule has 4 nitrogen and oxygen atoms in total. The van der Waals surface area contributed by atoms with Crippen LogP contribution in [0.4, 0.5) is 0 Å². The number of hydrogen-bond donors (Lipinski definition) is 0. The lowest BCUT2D eigenvalue weighted by Crippen LogP contribution is -2.48. The first-order valence-corrected chi connectivity index (χ1v) is 19.9. The number of benzene rings is 7. The monoisotopic (exact) mass is 785 g/mol. The van der Waals surface area contributed by atoms with E-state index in [1.807, 2.05) is 84.9 Å². The van der Waals surface area contributed by atoms with Crippen molar-refractivity contribution >= 4 is 195 Å². The summed E-state index contributed by atoms with van der Waals surface area (Å²) in [6.07, 6.45) is 0. The van der Waals surface area contributed by atoms with Gasteiger partial charge >= 0.3 is 0 Å². The molecule has 0 aliphatic heterocycles. The number of furan rings is 1. The molecule has 0 atom stereocenters. The van der Waals surface area contributed by atoms with Crippen molar-refractivity contribution in [1.29, 1.82) is 0 Å². The van der Waals surface area contributed by atoms with Gasteiger partial charge in [0.05, 0.1) is 0 Å². The summed E-state index contributed by atoms with van der Waals surface area (Å²) < 4.78 is 6.25. The maximum atomic E-state index is 7.04. The van der Waals surface area contributed by atoms with Crippen molar-refractivity contribution in [2.45, 2.75) is 13.8 Å². The number of fused-ring (bicyclic) bond motifs is 3. The van der Waals surface area contributed by atoms with Gasteiger partial charge in [0, 0.05) is 27.5 Å². The average Bonchev–Trinajstić information content (AvgIpc) is 3.71. The first-order chi connectivity index (χ1) is 30.5. The molecule has 2 aromatic heterocycles. The van der Waals surface area contributed by atoms with Crippen molar-refractivity contribution in [2.75, 3.05) is 0 Å². The molecular weight excluding hydrogens is 763 g/mol. The summed E-state index contributed by atoms with van der Waals surface area (Å²) in [5.41, 5.74) is 7.05. The first-order valence-electron chi connectivity index (χ1n) is 19.9. The Morgan fingerprint density at radius 2 is 0.672 bits per heavy atom. The maximum absolute atomic E-state index is 7.04. The third kappa shape index (κ3) is 6.67. The molecule has 0 N–H and O–H groups in total. The van der Waals surface area contributed by atoms with Gasteiger partial charge < -0.3 is 4.42 Å². The van der Waals surface area contributed by atoms with Crippen LogP contribution < -0.4 is 71.0 Å². The van der Waals surface area contributed by atoms with Gasteiger partial charge in [-0.05, 0) is 52.8 Å². The fourth-order valence-corrected chi connectivity index (χ4v) is 8.45. The molecule has 0 aliphatic rings. The van der Waals surface area contributed by atoms with Crippen LogP contribution in [0.15, 0.2) is 89.3 Å². The number of aryl methyl sites for hydroxylation is 1. The van der Waals surface area contributed by atoms with Gasteiger partial charge in [-0.15, -0.1) is 16.4 Å². The quantitative estimate of drug-likeness (QED) is 0.166. The van der Waals surface area contributed by atoms with Crippen molar-refractivity contribution < 1.29 is 4.42 Å². The van der Waals surface area contributed by atoms with Crippen LogP contribution in [-0.4, -0.2) is 117 Å². The second-order valence-electron chi connectivity index (χ2n) is 15.6. The molecule has 26 radical (unpaired) electrons. The van der Waals surface area contributed by atoms with Crippen LogP contribution in [0.25, 0.3) is 89.5 Å². The van der Waals surface area contributed by atoms with Gasteiger partial charge in [-0.2, -0.15) is 0 Å². The topological polar surface area (TPSA) is 51.8 Å². The van der Waals surface area contributed by atoms with Crippen LogP contribution in [0, 0.1) is 13.8 Å². The van der Waals surface area contributed by atoms with Gasteiger partial charge in [0.15, 0.2) is 17.5 Å². The second-order valence-corrected chi connectivity index (χ2v) is 15.6. The van der Waals surface area contributed by atoms with E-state index in [4.69, 9.17) is 121 Å². The summed E-state index contributed by atoms with van der Waals surface area (Å²) in [6.45, 7) is 3.50. The van der Waals surface area contributed by atoms with E-state index < -0.39 is 0 Å². The zero-order chi connectivity index (χ0) is 45.6. The fraction of sp³-hybridized carbons (Fsp3) is 0.0426. The highest BCUT2D eigenvalue weighted by Gasteiger charge is 2.28. The molecule has 0 amide bonds. The molecular formula is C47H20B13N3O. The van der Waals surface area contributed by atoms with Crippen molar-refractivity contribution in [2.24, 2.45) is 0 Å². The predicted octanol–water partition coefficient (Wildman–Crippen LogP) is -3.29. The van der Waals surface area contributed by atoms with E-state index in [9.17, 15) is 0 Å². The smallest absolute Gasteiger partial charge is 0.164 e. The van der Waals surface area contributed by atoms with Crippen LogP contribution >= 0.6 is 0 Å². The van der Waals surface area contributed by atoms with Crippen molar-refractivity contribution in [1.82, 2.24) is 15.0 Å². The Morgan fingerprint density at radius 3 is 1.22 bits per heavy atom. The van der Waals surface area contributed by atoms with E-state index in [1.54, 1.807) is 13.8 Å². The Hall–Kier alpha value is -5.81. The summed E-state index contributed by atoms with van der Waals surface area (Å²) in [4.78, 5) is 14.6. The standard InChI is InChI=1S/C47H20B13N3O/c1-17-23(25-26-24-18(2)31(49)39(57)41(59)43(24)64-44(26)42(60)40(58)33(25)51)32(50)34(52)27(30(17)48)28-35(53)37(55)29(38(56)36(28)54)47-62-45(21-11-7-4-8-12-21)61-46(63-47)22-15-13-20(14-16-22)19-9-5-3-6-10-19/h3-16H,1-2H3. The first kappa shape index (κ1) is 43.4. The number of hydrogen-bond acceptors (Lipinski definition) is 4. The molecule has 9 aromatic rings. The highest BCUT2D eigenvalue weighted by atomic mass is 16.3. The molecule has 64 heavy (non-hydrogen) atoms. The molecule has 0 saturated carbocycles. The van der Waals surface area contributed by atoms with Crippen molar-refractivity contribution in [3.63, 3.8) is 0 Å². The van der Waals surface area contributed by atoms with Crippen LogP contribution in [0.3, 0.4) is 0 Å². The minimum absolute atomic E-state index is 0.000661. The van der Waals surface area contributed by atoms with Crippen LogP contribution in [-0.2, 0) is 0 Å². The minimum atomic E-state index is -0.00782. The Balaban J connectivity index is 1.24. The molecule has 0 unspecified atom stereocenters. The third-order valence-electron chi connectivity index (χ3n) is 12.0. The third-order valence-corrected chi connectivity index (χ3v) is 12.0. The normalized spacial score (nSPS) is 11.5. The molecule has 0 spiro atoms. The molecule has 0 saturated heterocycles. The molecule has 268 valence electrons. The Labute approximate surface area is 389 Å². The van der Waals surface area contributed by atoms with Crippen LogP contribution in [0.2, 0.25) is 0 Å². The summed E-state index contributed by atoms with van der Waals surface area (Å²) in [6, 6.07) is 27.3. The Bertz CT molecular complexity index is 3370. The van der Waals surface area contributed by atoms with E-state index in [-0.39, 0.29) is 105 Å². The van der Waals surface area contributed by atoms with Crippen LogP contribution in [0.1, 0.15) is 11.1 Å². The molecule has 9 rings (SSSR count). The average molecular weight is 783 g/mol. The number of nitrogens with zero attached hydrogens (tertiary/aromatic N) is 3. The Morgan fingerprint density at radius 1 is 0.297 bits per heavy atom. The summed E-state index contributed by atoms with van der Waals surface area (Å²) >= 11 is 0. The second kappa shape index (κ2) is 16.3. The fourth-order valence-electron chi connectivity index (χ4n) is 8.45. The molecule has 2 heterocycles. The largest absolute Gasteiger partial charge is 0.457 e. The maximum Gasteiger partial charge on any atom is 0.164 e. The van der Waals surface area contributed by atoms with Gasteiger partial charge in [-0.3, -0.25) is 0 Å². The highest BCUT2D eigenvalue weighted by molar-refractivity contribution is 6.67. The van der Waals surface area contributed by atoms with E-state index >= 15 is 0 Å². The number of aromatic nitrogens is 3. The summed E-state index contributed by atoms with van der Waals surface area (Å²) in [7, 11) is 87.7. The lowest BCUT2D eigenvalue weighted by atomic mass is 9.58. The number of rotatable bonds is 6. The van der Waals surface area contributed by atoms with E-state index in [0.29, 0.717) is 44.7 Å². The highest BCUT2D eigenvalue weighted by Crippen LogP contribution is 2.36.